The van der Waals surface area contributed by atoms with Crippen LogP contribution in [0.5, 0.6) is 0 Å². The number of aromatic nitrogens is 1. The van der Waals surface area contributed by atoms with Crippen molar-refractivity contribution >= 4 is 5.91 Å². The van der Waals surface area contributed by atoms with Crippen LogP contribution in [0.2, 0.25) is 0 Å². The van der Waals surface area contributed by atoms with Crippen LogP contribution < -0.4 is 5.32 Å². The lowest BCUT2D eigenvalue weighted by Gasteiger charge is -2.37. The number of carbonyl (C=O) groups is 1. The first-order valence-corrected chi connectivity index (χ1v) is 12.4. The van der Waals surface area contributed by atoms with E-state index in [2.05, 4.69) is 41.5 Å². The molecular formula is C27H32F3N3O. The minimum atomic E-state index is -4.42. The Hall–Kier alpha value is -2.41. The third-order valence-electron chi connectivity index (χ3n) is 8.15. The Morgan fingerprint density at radius 3 is 2.94 bits per heavy atom. The molecular weight excluding hydrogens is 439 g/mol. The molecule has 182 valence electrons. The minimum Gasteiger partial charge on any atom is -0.337 e. The summed E-state index contributed by atoms with van der Waals surface area (Å²) in [6, 6.07) is 10.0. The number of rotatable bonds is 5. The first-order valence-electron chi connectivity index (χ1n) is 12.4. The Labute approximate surface area is 198 Å². The number of halogens is 3. The summed E-state index contributed by atoms with van der Waals surface area (Å²) in [6.07, 6.45) is 2.79. The molecule has 1 aliphatic heterocycles. The number of nitrogens with zero attached hydrogens (tertiary/aromatic N) is 2. The van der Waals surface area contributed by atoms with E-state index in [0.29, 0.717) is 36.2 Å². The maximum absolute atomic E-state index is 13.8. The van der Waals surface area contributed by atoms with Gasteiger partial charge in [0.2, 0.25) is 5.91 Å². The number of nitrogens with one attached hydrogen (secondary N) is 1. The van der Waals surface area contributed by atoms with E-state index >= 15 is 0 Å². The van der Waals surface area contributed by atoms with E-state index in [0.717, 1.165) is 51.3 Å². The zero-order chi connectivity index (χ0) is 23.9. The van der Waals surface area contributed by atoms with Crippen LogP contribution in [0.25, 0.3) is 0 Å². The van der Waals surface area contributed by atoms with Crippen LogP contribution in [-0.4, -0.2) is 34.9 Å². The van der Waals surface area contributed by atoms with Crippen molar-refractivity contribution in [2.75, 3.05) is 13.1 Å². The van der Waals surface area contributed by atoms with Crippen LogP contribution in [-0.2, 0) is 30.4 Å². The number of fused-ring (bicyclic) bond motifs is 2. The molecule has 3 unspecified atom stereocenters. The molecule has 1 aromatic heterocycles. The molecule has 3 aliphatic rings. The molecule has 1 amide bonds. The number of hydrogen-bond acceptors (Lipinski definition) is 3. The smallest absolute Gasteiger partial charge is 0.337 e. The van der Waals surface area contributed by atoms with E-state index < -0.39 is 11.7 Å². The predicted molar refractivity (Wildman–Crippen MR) is 124 cm³/mol. The number of aryl methyl sites for hydroxylation is 1. The Balaban J connectivity index is 1.25. The molecule has 7 heteroatoms. The molecule has 2 heterocycles. The summed E-state index contributed by atoms with van der Waals surface area (Å²) >= 11 is 0. The second-order valence-electron chi connectivity index (χ2n) is 10.4. The van der Waals surface area contributed by atoms with Gasteiger partial charge in [0.05, 0.1) is 11.0 Å². The van der Waals surface area contributed by atoms with Crippen molar-refractivity contribution in [2.24, 2.45) is 11.3 Å². The molecule has 2 fully saturated rings. The summed E-state index contributed by atoms with van der Waals surface area (Å²) in [6.45, 7) is 3.74. The normalized spacial score (nSPS) is 26.4. The summed E-state index contributed by atoms with van der Waals surface area (Å²) in [4.78, 5) is 19.7. The highest BCUT2D eigenvalue weighted by Crippen LogP contribution is 2.55. The lowest BCUT2D eigenvalue weighted by Crippen LogP contribution is -2.47. The zero-order valence-corrected chi connectivity index (χ0v) is 19.6. The first-order chi connectivity index (χ1) is 16.2. The van der Waals surface area contributed by atoms with E-state index in [1.807, 2.05) is 0 Å². The molecule has 2 aromatic rings. The topological polar surface area (TPSA) is 45.2 Å². The van der Waals surface area contributed by atoms with Gasteiger partial charge < -0.3 is 10.2 Å². The highest BCUT2D eigenvalue weighted by molar-refractivity contribution is 5.84. The van der Waals surface area contributed by atoms with Crippen molar-refractivity contribution in [3.05, 3.63) is 64.5 Å². The van der Waals surface area contributed by atoms with Crippen LogP contribution >= 0.6 is 0 Å². The monoisotopic (exact) mass is 471 g/mol. The van der Waals surface area contributed by atoms with Gasteiger partial charge in [0.1, 0.15) is 0 Å². The molecule has 1 aromatic carbocycles. The van der Waals surface area contributed by atoms with Crippen molar-refractivity contribution in [3.63, 3.8) is 0 Å². The van der Waals surface area contributed by atoms with Crippen LogP contribution in [0.1, 0.15) is 60.1 Å². The largest absolute Gasteiger partial charge is 0.417 e. The summed E-state index contributed by atoms with van der Waals surface area (Å²) in [5, 5.41) is 3.69. The molecule has 1 N–H and O–H groups in total. The van der Waals surface area contributed by atoms with Gasteiger partial charge in [-0.3, -0.25) is 9.78 Å². The van der Waals surface area contributed by atoms with Crippen LogP contribution in [0.3, 0.4) is 0 Å². The number of amides is 1. The second-order valence-corrected chi connectivity index (χ2v) is 10.4. The quantitative estimate of drug-likeness (QED) is 0.662. The number of alkyl halides is 3. The number of benzene rings is 1. The fourth-order valence-electron chi connectivity index (χ4n) is 6.51. The standard InChI is InChI=1S/C27H32F3N3O/c1-18-4-2-5-19(12-18)7-10-31-23-14-21-6-3-9-26(21,15-23)25(34)33-11-8-24-20(17-33)13-22(16-32-24)27(28,29)30/h2,4-5,12-13,16,21,23,31H,3,6-11,14-15,17H2,1H3. The molecule has 2 saturated carbocycles. The first kappa shape index (κ1) is 23.3. The fourth-order valence-corrected chi connectivity index (χ4v) is 6.51. The molecule has 0 saturated heterocycles. The molecule has 0 bridgehead atoms. The van der Waals surface area contributed by atoms with Gasteiger partial charge in [0.15, 0.2) is 0 Å². The Morgan fingerprint density at radius 2 is 2.15 bits per heavy atom. The lowest BCUT2D eigenvalue weighted by molar-refractivity contribution is -0.144. The van der Waals surface area contributed by atoms with Crippen molar-refractivity contribution < 1.29 is 18.0 Å². The third kappa shape index (κ3) is 4.47. The van der Waals surface area contributed by atoms with Crippen molar-refractivity contribution in [1.29, 1.82) is 0 Å². The minimum absolute atomic E-state index is 0.140. The lowest BCUT2D eigenvalue weighted by atomic mass is 9.78. The number of carbonyl (C=O) groups excluding carboxylic acids is 1. The molecule has 34 heavy (non-hydrogen) atoms. The number of pyridine rings is 1. The molecule has 0 radical (unpaired) electrons. The molecule has 5 rings (SSSR count). The van der Waals surface area contributed by atoms with E-state index in [1.165, 1.54) is 17.2 Å². The summed E-state index contributed by atoms with van der Waals surface area (Å²) in [5.74, 6) is 0.499. The van der Waals surface area contributed by atoms with E-state index in [-0.39, 0.29) is 17.9 Å². The van der Waals surface area contributed by atoms with Gasteiger partial charge in [-0.1, -0.05) is 36.2 Å². The van der Waals surface area contributed by atoms with Gasteiger partial charge in [-0.2, -0.15) is 13.2 Å². The Kier molecular flexibility index (Phi) is 6.17. The summed E-state index contributed by atoms with van der Waals surface area (Å²) in [7, 11) is 0. The van der Waals surface area contributed by atoms with E-state index in [4.69, 9.17) is 0 Å². The van der Waals surface area contributed by atoms with Gasteiger partial charge >= 0.3 is 6.18 Å². The van der Waals surface area contributed by atoms with Gasteiger partial charge in [-0.25, -0.2) is 0 Å². The van der Waals surface area contributed by atoms with Gasteiger partial charge in [-0.05, 0) is 68.7 Å². The Bertz CT molecular complexity index is 1070. The molecule has 4 nitrogen and oxygen atoms in total. The maximum Gasteiger partial charge on any atom is 0.417 e. The average molecular weight is 472 g/mol. The van der Waals surface area contributed by atoms with Crippen molar-refractivity contribution in [3.8, 4) is 0 Å². The van der Waals surface area contributed by atoms with Crippen LogP contribution in [0, 0.1) is 18.3 Å². The molecule has 3 atom stereocenters. The highest BCUT2D eigenvalue weighted by atomic mass is 19.4. The third-order valence-corrected chi connectivity index (χ3v) is 8.15. The van der Waals surface area contributed by atoms with Gasteiger partial charge in [-0.15, -0.1) is 0 Å². The highest BCUT2D eigenvalue weighted by Gasteiger charge is 2.56. The number of hydrogen-bond donors (Lipinski definition) is 1. The zero-order valence-electron chi connectivity index (χ0n) is 19.6. The van der Waals surface area contributed by atoms with E-state index in [1.54, 1.807) is 4.90 Å². The Morgan fingerprint density at radius 1 is 1.29 bits per heavy atom. The predicted octanol–water partition coefficient (Wildman–Crippen LogP) is 5.07. The maximum atomic E-state index is 13.8. The van der Waals surface area contributed by atoms with E-state index in [9.17, 15) is 18.0 Å². The summed E-state index contributed by atoms with van der Waals surface area (Å²) in [5.41, 5.74) is 2.68. The molecule has 2 aliphatic carbocycles. The second kappa shape index (κ2) is 8.99. The average Bonchev–Trinajstić information content (AvgIpc) is 3.35. The van der Waals surface area contributed by atoms with Crippen LogP contribution in [0.15, 0.2) is 36.5 Å². The van der Waals surface area contributed by atoms with Crippen molar-refractivity contribution in [2.45, 2.75) is 70.6 Å². The summed E-state index contributed by atoms with van der Waals surface area (Å²) < 4.78 is 39.5. The van der Waals surface area contributed by atoms with Gasteiger partial charge in [0.25, 0.3) is 0 Å². The van der Waals surface area contributed by atoms with Gasteiger partial charge in [0, 0.05) is 37.4 Å². The SMILES string of the molecule is Cc1cccc(CCNC2CC3CCCC3(C(=O)N3CCc4ncc(C(F)(F)F)cc4C3)C2)c1. The fraction of sp³-hybridized carbons (Fsp3) is 0.556. The van der Waals surface area contributed by atoms with Crippen LogP contribution in [0.4, 0.5) is 13.2 Å². The molecule has 0 spiro atoms. The van der Waals surface area contributed by atoms with Crippen molar-refractivity contribution in [1.82, 2.24) is 15.2 Å².